The fourth-order valence-corrected chi connectivity index (χ4v) is 2.52. The van der Waals surface area contributed by atoms with Gasteiger partial charge in [0.15, 0.2) is 0 Å². The second kappa shape index (κ2) is 4.33. The quantitative estimate of drug-likeness (QED) is 0.721. The Labute approximate surface area is 105 Å². The van der Waals surface area contributed by atoms with Gasteiger partial charge in [-0.15, -0.1) is 0 Å². The first kappa shape index (κ1) is 11.1. The average molecular weight is 242 g/mol. The molecule has 3 nitrogen and oxygen atoms in total. The maximum absolute atomic E-state index is 11.8. The maximum atomic E-state index is 11.8. The van der Waals surface area contributed by atoms with Gasteiger partial charge in [-0.05, 0) is 11.8 Å². The summed E-state index contributed by atoms with van der Waals surface area (Å²) in [5, 5.41) is 2.19. The molecular formula is C15H14O3. The van der Waals surface area contributed by atoms with Crippen LogP contribution in [0.3, 0.4) is 0 Å². The van der Waals surface area contributed by atoms with Crippen molar-refractivity contribution in [3.63, 3.8) is 0 Å². The summed E-state index contributed by atoms with van der Waals surface area (Å²) in [6.45, 7) is 0.556. The molecule has 0 fully saturated rings. The Morgan fingerprint density at radius 2 is 2.11 bits per heavy atom. The number of fused-ring (bicyclic) bond motifs is 3. The van der Waals surface area contributed by atoms with Crippen molar-refractivity contribution in [3.05, 3.63) is 42.0 Å². The molecule has 0 spiro atoms. The van der Waals surface area contributed by atoms with Crippen LogP contribution in [0.5, 0.6) is 5.75 Å². The van der Waals surface area contributed by atoms with Crippen molar-refractivity contribution in [1.82, 2.24) is 0 Å². The van der Waals surface area contributed by atoms with Crippen molar-refractivity contribution in [2.24, 2.45) is 0 Å². The molecule has 18 heavy (non-hydrogen) atoms. The second-order valence-corrected chi connectivity index (χ2v) is 4.42. The molecule has 2 aromatic rings. The highest BCUT2D eigenvalue weighted by atomic mass is 16.5. The summed E-state index contributed by atoms with van der Waals surface area (Å²) in [6, 6.07) is 12.0. The molecule has 1 aliphatic heterocycles. The van der Waals surface area contributed by atoms with Crippen LogP contribution < -0.4 is 4.74 Å². The summed E-state index contributed by atoms with van der Waals surface area (Å²) in [6.07, 6.45) is 0.679. The van der Waals surface area contributed by atoms with Crippen molar-refractivity contribution < 1.29 is 14.3 Å². The van der Waals surface area contributed by atoms with Crippen LogP contribution in [-0.4, -0.2) is 19.7 Å². The molecule has 1 heterocycles. The molecule has 2 aromatic carbocycles. The van der Waals surface area contributed by atoms with Gasteiger partial charge in [0.05, 0.1) is 19.6 Å². The smallest absolute Gasteiger partial charge is 0.313 e. The van der Waals surface area contributed by atoms with Crippen LogP contribution >= 0.6 is 0 Å². The van der Waals surface area contributed by atoms with Crippen LogP contribution in [0.25, 0.3) is 10.8 Å². The highest BCUT2D eigenvalue weighted by Crippen LogP contribution is 2.39. The van der Waals surface area contributed by atoms with E-state index in [1.807, 2.05) is 36.4 Å². The van der Waals surface area contributed by atoms with E-state index in [4.69, 9.17) is 9.47 Å². The molecule has 0 bridgehead atoms. The van der Waals surface area contributed by atoms with Crippen molar-refractivity contribution >= 4 is 16.7 Å². The van der Waals surface area contributed by atoms with Gasteiger partial charge in [-0.2, -0.15) is 0 Å². The number of hydrogen-bond donors (Lipinski definition) is 0. The lowest BCUT2D eigenvalue weighted by atomic mass is 9.91. The third kappa shape index (κ3) is 1.63. The summed E-state index contributed by atoms with van der Waals surface area (Å²) < 4.78 is 10.6. The highest BCUT2D eigenvalue weighted by molar-refractivity contribution is 5.92. The Balaban J connectivity index is 2.19. The SMILES string of the molecule is COC(=O)C1CCOc2c1ccc1ccccc21. The zero-order valence-electron chi connectivity index (χ0n) is 10.2. The van der Waals surface area contributed by atoms with Crippen LogP contribution in [0.4, 0.5) is 0 Å². The lowest BCUT2D eigenvalue weighted by Crippen LogP contribution is -2.22. The van der Waals surface area contributed by atoms with Gasteiger partial charge in [-0.1, -0.05) is 36.4 Å². The van der Waals surface area contributed by atoms with Gasteiger partial charge in [0.1, 0.15) is 5.75 Å². The number of ether oxygens (including phenoxy) is 2. The van der Waals surface area contributed by atoms with E-state index >= 15 is 0 Å². The van der Waals surface area contributed by atoms with E-state index in [-0.39, 0.29) is 11.9 Å². The van der Waals surface area contributed by atoms with Gasteiger partial charge in [0.25, 0.3) is 0 Å². The molecule has 0 radical (unpaired) electrons. The Kier molecular flexibility index (Phi) is 2.67. The van der Waals surface area contributed by atoms with Gasteiger partial charge < -0.3 is 9.47 Å². The zero-order valence-corrected chi connectivity index (χ0v) is 10.2. The predicted octanol–water partition coefficient (Wildman–Crippen LogP) is 2.88. The number of carbonyl (C=O) groups is 1. The van der Waals surface area contributed by atoms with Crippen LogP contribution in [0.15, 0.2) is 36.4 Å². The van der Waals surface area contributed by atoms with E-state index in [0.717, 1.165) is 22.1 Å². The lowest BCUT2D eigenvalue weighted by Gasteiger charge is -2.25. The summed E-state index contributed by atoms with van der Waals surface area (Å²) in [5.41, 5.74) is 0.937. The highest BCUT2D eigenvalue weighted by Gasteiger charge is 2.29. The van der Waals surface area contributed by atoms with Gasteiger partial charge in [0.2, 0.25) is 0 Å². The number of carbonyl (C=O) groups excluding carboxylic acids is 1. The standard InChI is InChI=1S/C15H14O3/c1-17-15(16)13-8-9-18-14-11-5-3-2-4-10(11)6-7-12(13)14/h2-7,13H,8-9H2,1H3. The zero-order chi connectivity index (χ0) is 12.5. The molecule has 1 aliphatic rings. The summed E-state index contributed by atoms with van der Waals surface area (Å²) in [4.78, 5) is 11.8. The Hall–Kier alpha value is -2.03. The molecule has 1 unspecified atom stereocenters. The van der Waals surface area contributed by atoms with E-state index in [9.17, 15) is 4.79 Å². The van der Waals surface area contributed by atoms with Crippen LogP contribution in [-0.2, 0) is 9.53 Å². The molecule has 0 amide bonds. The number of hydrogen-bond acceptors (Lipinski definition) is 3. The van der Waals surface area contributed by atoms with Crippen molar-refractivity contribution in [1.29, 1.82) is 0 Å². The topological polar surface area (TPSA) is 35.5 Å². The third-order valence-electron chi connectivity index (χ3n) is 3.42. The van der Waals surface area contributed by atoms with E-state index in [0.29, 0.717) is 13.0 Å². The van der Waals surface area contributed by atoms with Crippen molar-refractivity contribution in [3.8, 4) is 5.75 Å². The monoisotopic (exact) mass is 242 g/mol. The normalized spacial score (nSPS) is 17.9. The molecule has 0 aliphatic carbocycles. The minimum atomic E-state index is -0.205. The number of methoxy groups -OCH3 is 1. The van der Waals surface area contributed by atoms with E-state index in [1.54, 1.807) is 0 Å². The largest absolute Gasteiger partial charge is 0.493 e. The summed E-state index contributed by atoms with van der Waals surface area (Å²) in [5.74, 6) is 0.438. The molecule has 3 heteroatoms. The van der Waals surface area contributed by atoms with E-state index in [2.05, 4.69) is 0 Å². The Morgan fingerprint density at radius 1 is 1.28 bits per heavy atom. The third-order valence-corrected chi connectivity index (χ3v) is 3.42. The molecule has 0 aromatic heterocycles. The molecule has 0 N–H and O–H groups in total. The van der Waals surface area contributed by atoms with Crippen molar-refractivity contribution in [2.75, 3.05) is 13.7 Å². The van der Waals surface area contributed by atoms with E-state index in [1.165, 1.54) is 7.11 Å². The Morgan fingerprint density at radius 3 is 2.94 bits per heavy atom. The first-order valence-corrected chi connectivity index (χ1v) is 6.03. The van der Waals surface area contributed by atoms with Gasteiger partial charge in [0, 0.05) is 10.9 Å². The number of esters is 1. The maximum Gasteiger partial charge on any atom is 0.313 e. The molecular weight excluding hydrogens is 228 g/mol. The van der Waals surface area contributed by atoms with Crippen LogP contribution in [0.1, 0.15) is 17.9 Å². The second-order valence-electron chi connectivity index (χ2n) is 4.42. The average Bonchev–Trinajstić information content (AvgIpc) is 2.45. The van der Waals surface area contributed by atoms with Crippen molar-refractivity contribution in [2.45, 2.75) is 12.3 Å². The first-order valence-electron chi connectivity index (χ1n) is 6.03. The molecule has 92 valence electrons. The van der Waals surface area contributed by atoms with Gasteiger partial charge in [-0.3, -0.25) is 4.79 Å². The number of benzene rings is 2. The molecule has 0 saturated carbocycles. The lowest BCUT2D eigenvalue weighted by molar-refractivity contribution is -0.143. The molecule has 1 atom stereocenters. The van der Waals surface area contributed by atoms with Gasteiger partial charge in [-0.25, -0.2) is 0 Å². The minimum Gasteiger partial charge on any atom is -0.493 e. The van der Waals surface area contributed by atoms with Crippen LogP contribution in [0.2, 0.25) is 0 Å². The predicted molar refractivity (Wildman–Crippen MR) is 68.8 cm³/mol. The fourth-order valence-electron chi connectivity index (χ4n) is 2.52. The Bertz CT molecular complexity index is 604. The number of rotatable bonds is 1. The molecule has 3 rings (SSSR count). The summed E-state index contributed by atoms with van der Waals surface area (Å²) in [7, 11) is 1.43. The van der Waals surface area contributed by atoms with Crippen LogP contribution in [0, 0.1) is 0 Å². The minimum absolute atomic E-state index is 0.185. The fraction of sp³-hybridized carbons (Fsp3) is 0.267. The summed E-state index contributed by atoms with van der Waals surface area (Å²) >= 11 is 0. The van der Waals surface area contributed by atoms with Gasteiger partial charge >= 0.3 is 5.97 Å². The molecule has 0 saturated heterocycles. The first-order chi connectivity index (χ1) is 8.81. The van der Waals surface area contributed by atoms with E-state index < -0.39 is 0 Å².